The second kappa shape index (κ2) is 6.64. The van der Waals surface area contributed by atoms with Gasteiger partial charge in [-0.1, -0.05) is 29.3 Å². The number of hydrogen-bond donors (Lipinski definition) is 1. The van der Waals surface area contributed by atoms with Gasteiger partial charge in [0, 0.05) is 20.1 Å². The minimum Gasteiger partial charge on any atom is -0.481 e. The number of methoxy groups -OCH3 is 1. The van der Waals surface area contributed by atoms with E-state index in [1.165, 1.54) is 12.0 Å². The highest BCUT2D eigenvalue weighted by Gasteiger charge is 2.44. The van der Waals surface area contributed by atoms with Crippen molar-refractivity contribution in [3.05, 3.63) is 33.8 Å². The summed E-state index contributed by atoms with van der Waals surface area (Å²) in [4.78, 5) is 25.0. The fraction of sp³-hybridized carbons (Fsp3) is 0.429. The molecule has 1 aliphatic rings. The van der Waals surface area contributed by atoms with E-state index in [1.807, 2.05) is 0 Å². The van der Waals surface area contributed by atoms with Crippen LogP contribution in [0.3, 0.4) is 0 Å². The number of aliphatic carboxylic acids is 1. The molecule has 0 bridgehead atoms. The van der Waals surface area contributed by atoms with Crippen LogP contribution < -0.4 is 0 Å². The quantitative estimate of drug-likeness (QED) is 0.900. The van der Waals surface area contributed by atoms with Crippen molar-refractivity contribution in [1.29, 1.82) is 0 Å². The van der Waals surface area contributed by atoms with E-state index < -0.39 is 17.9 Å². The van der Waals surface area contributed by atoms with Crippen molar-refractivity contribution in [2.45, 2.75) is 12.5 Å². The second-order valence-corrected chi connectivity index (χ2v) is 5.66. The van der Waals surface area contributed by atoms with Crippen molar-refractivity contribution < 1.29 is 19.4 Å². The predicted octanol–water partition coefficient (Wildman–Crippen LogP) is 2.61. The molecule has 0 saturated carbocycles. The van der Waals surface area contributed by atoms with E-state index in [0.717, 1.165) is 0 Å². The molecule has 1 N–H and O–H groups in total. The maximum Gasteiger partial charge on any atom is 0.309 e. The summed E-state index contributed by atoms with van der Waals surface area (Å²) >= 11 is 11.9. The van der Waals surface area contributed by atoms with Crippen LogP contribution in [0.4, 0.5) is 0 Å². The zero-order valence-electron chi connectivity index (χ0n) is 11.4. The molecule has 1 aromatic carbocycles. The number of carbonyl (C=O) groups excluding carboxylic acids is 1. The lowest BCUT2D eigenvalue weighted by Crippen LogP contribution is -2.33. The monoisotopic (exact) mass is 331 g/mol. The summed E-state index contributed by atoms with van der Waals surface area (Å²) in [7, 11) is 1.53. The average molecular weight is 332 g/mol. The molecule has 114 valence electrons. The molecular weight excluding hydrogens is 317 g/mol. The number of likely N-dealkylation sites (tertiary alicyclic amines) is 1. The van der Waals surface area contributed by atoms with Crippen molar-refractivity contribution in [3.63, 3.8) is 0 Å². The lowest BCUT2D eigenvalue weighted by atomic mass is 9.94. The molecule has 1 saturated heterocycles. The summed E-state index contributed by atoms with van der Waals surface area (Å²) in [6.07, 6.45) is -0.0238. The molecule has 2 unspecified atom stereocenters. The first-order valence-electron chi connectivity index (χ1n) is 6.42. The van der Waals surface area contributed by atoms with Gasteiger partial charge in [0.25, 0.3) is 0 Å². The number of nitrogens with zero attached hydrogens (tertiary/aromatic N) is 1. The Labute approximate surface area is 132 Å². The first-order chi connectivity index (χ1) is 9.95. The maximum atomic E-state index is 12.1. The fourth-order valence-corrected chi connectivity index (χ4v) is 2.88. The van der Waals surface area contributed by atoms with Gasteiger partial charge in [0.2, 0.25) is 5.91 Å². The number of benzene rings is 1. The molecule has 2 rings (SSSR count). The normalized spacial score (nSPS) is 21.9. The fourth-order valence-electron chi connectivity index (χ4n) is 2.57. The van der Waals surface area contributed by atoms with Crippen LogP contribution in [-0.4, -0.2) is 42.1 Å². The number of rotatable bonds is 5. The number of carboxylic acids is 1. The standard InChI is InChI=1S/C14H15Cl2NO4/c1-21-5-4-17-12(18)7-9(14(19)20)13(17)8-2-3-10(15)11(16)6-8/h2-3,6,9,13H,4-5,7H2,1H3,(H,19,20). The van der Waals surface area contributed by atoms with Gasteiger partial charge in [0.15, 0.2) is 0 Å². The summed E-state index contributed by atoms with van der Waals surface area (Å²) in [5.41, 5.74) is 0.666. The summed E-state index contributed by atoms with van der Waals surface area (Å²) in [6, 6.07) is 4.37. The van der Waals surface area contributed by atoms with Gasteiger partial charge in [-0.2, -0.15) is 0 Å². The molecule has 0 aromatic heterocycles. The van der Waals surface area contributed by atoms with Crippen molar-refractivity contribution >= 4 is 35.1 Å². The number of hydrogen-bond acceptors (Lipinski definition) is 3. The highest BCUT2D eigenvalue weighted by molar-refractivity contribution is 6.42. The maximum absolute atomic E-state index is 12.1. The van der Waals surface area contributed by atoms with Crippen molar-refractivity contribution in [2.75, 3.05) is 20.3 Å². The van der Waals surface area contributed by atoms with Crippen LogP contribution in [0, 0.1) is 5.92 Å². The number of carboxylic acid groups (broad SMARTS) is 1. The number of amides is 1. The number of ether oxygens (including phenoxy) is 1. The van der Waals surface area contributed by atoms with E-state index >= 15 is 0 Å². The third-order valence-corrected chi connectivity index (χ3v) is 4.31. The highest BCUT2D eigenvalue weighted by atomic mass is 35.5. The van der Waals surface area contributed by atoms with E-state index in [0.29, 0.717) is 28.8 Å². The summed E-state index contributed by atoms with van der Waals surface area (Å²) in [5.74, 6) is -2.00. The van der Waals surface area contributed by atoms with Gasteiger partial charge in [0.05, 0.1) is 28.6 Å². The summed E-state index contributed by atoms with van der Waals surface area (Å²) in [5, 5.41) is 10.1. The van der Waals surface area contributed by atoms with Gasteiger partial charge in [-0.05, 0) is 17.7 Å². The molecule has 21 heavy (non-hydrogen) atoms. The number of halogens is 2. The van der Waals surface area contributed by atoms with E-state index in [1.54, 1.807) is 18.2 Å². The molecule has 0 radical (unpaired) electrons. The molecule has 1 fully saturated rings. The Balaban J connectivity index is 2.38. The molecule has 7 heteroatoms. The first kappa shape index (κ1) is 16.1. The third-order valence-electron chi connectivity index (χ3n) is 3.57. The molecule has 1 heterocycles. The minimum absolute atomic E-state index is 0.0238. The Kier molecular flexibility index (Phi) is 5.08. The van der Waals surface area contributed by atoms with E-state index in [2.05, 4.69) is 0 Å². The van der Waals surface area contributed by atoms with Crippen LogP contribution in [0.15, 0.2) is 18.2 Å². The molecular formula is C14H15Cl2NO4. The zero-order chi connectivity index (χ0) is 15.6. The molecule has 2 atom stereocenters. The Morgan fingerprint density at radius 3 is 2.71 bits per heavy atom. The van der Waals surface area contributed by atoms with Crippen LogP contribution in [-0.2, 0) is 14.3 Å². The van der Waals surface area contributed by atoms with Crippen LogP contribution >= 0.6 is 23.2 Å². The SMILES string of the molecule is COCCN1C(=O)CC(C(=O)O)C1c1ccc(Cl)c(Cl)c1. The topological polar surface area (TPSA) is 66.8 Å². The predicted molar refractivity (Wildman–Crippen MR) is 78.5 cm³/mol. The van der Waals surface area contributed by atoms with Crippen molar-refractivity contribution in [3.8, 4) is 0 Å². The van der Waals surface area contributed by atoms with E-state index in [9.17, 15) is 14.7 Å². The van der Waals surface area contributed by atoms with Gasteiger partial charge in [0.1, 0.15) is 0 Å². The van der Waals surface area contributed by atoms with Gasteiger partial charge in [-0.15, -0.1) is 0 Å². The first-order valence-corrected chi connectivity index (χ1v) is 7.17. The van der Waals surface area contributed by atoms with Crippen LogP contribution in [0.1, 0.15) is 18.0 Å². The van der Waals surface area contributed by atoms with Crippen LogP contribution in [0.5, 0.6) is 0 Å². The molecule has 1 aromatic rings. The second-order valence-electron chi connectivity index (χ2n) is 4.85. The van der Waals surface area contributed by atoms with Gasteiger partial charge in [-0.3, -0.25) is 9.59 Å². The van der Waals surface area contributed by atoms with Gasteiger partial charge < -0.3 is 14.7 Å². The summed E-state index contributed by atoms with van der Waals surface area (Å²) in [6.45, 7) is 0.680. The van der Waals surface area contributed by atoms with Gasteiger partial charge >= 0.3 is 5.97 Å². The molecule has 0 spiro atoms. The largest absolute Gasteiger partial charge is 0.481 e. The Morgan fingerprint density at radius 1 is 1.43 bits per heavy atom. The Hall–Kier alpha value is -1.30. The van der Waals surface area contributed by atoms with E-state index in [4.69, 9.17) is 27.9 Å². The molecule has 5 nitrogen and oxygen atoms in total. The molecule has 1 aliphatic heterocycles. The Bertz CT molecular complexity index is 564. The average Bonchev–Trinajstić information content (AvgIpc) is 2.77. The number of carbonyl (C=O) groups is 2. The lowest BCUT2D eigenvalue weighted by molar-refractivity contribution is -0.142. The van der Waals surface area contributed by atoms with Crippen LogP contribution in [0.2, 0.25) is 10.0 Å². The van der Waals surface area contributed by atoms with Crippen molar-refractivity contribution in [1.82, 2.24) is 4.90 Å². The van der Waals surface area contributed by atoms with Crippen molar-refractivity contribution in [2.24, 2.45) is 5.92 Å². The van der Waals surface area contributed by atoms with Gasteiger partial charge in [-0.25, -0.2) is 0 Å². The summed E-state index contributed by atoms with van der Waals surface area (Å²) < 4.78 is 4.99. The minimum atomic E-state index is -1.00. The molecule has 1 amide bonds. The smallest absolute Gasteiger partial charge is 0.309 e. The highest BCUT2D eigenvalue weighted by Crippen LogP contribution is 2.39. The molecule has 0 aliphatic carbocycles. The third kappa shape index (κ3) is 3.31. The lowest BCUT2D eigenvalue weighted by Gasteiger charge is -2.27. The zero-order valence-corrected chi connectivity index (χ0v) is 12.9. The van der Waals surface area contributed by atoms with E-state index in [-0.39, 0.29) is 12.3 Å². The van der Waals surface area contributed by atoms with Crippen LogP contribution in [0.25, 0.3) is 0 Å². The Morgan fingerprint density at radius 2 is 2.14 bits per heavy atom.